The van der Waals surface area contributed by atoms with E-state index in [2.05, 4.69) is 26.7 Å². The average molecular weight is 137 g/mol. The molecule has 1 atom stereocenters. The highest BCUT2D eigenvalue weighted by Gasteiger charge is 2.28. The molecule has 0 aromatic heterocycles. The molecule has 1 fully saturated rings. The van der Waals surface area contributed by atoms with Crippen molar-refractivity contribution in [3.8, 4) is 0 Å². The number of amidine groups is 1. The number of hydrogen-bond donors (Lipinski definition) is 3. The topological polar surface area (TPSA) is 50.2 Å². The molecular formula is C6H9N4+. The summed E-state index contributed by atoms with van der Waals surface area (Å²) in [5, 5.41) is 3.20. The van der Waals surface area contributed by atoms with Crippen LogP contribution in [0.2, 0.25) is 0 Å². The van der Waals surface area contributed by atoms with Crippen molar-refractivity contribution in [2.75, 3.05) is 6.54 Å². The molecule has 10 heavy (non-hydrogen) atoms. The van der Waals surface area contributed by atoms with Crippen molar-refractivity contribution in [3.05, 3.63) is 5.70 Å². The molecule has 4 heteroatoms. The van der Waals surface area contributed by atoms with Gasteiger partial charge in [0.1, 0.15) is 0 Å². The molecule has 0 radical (unpaired) electrons. The lowest BCUT2D eigenvalue weighted by Crippen LogP contribution is -2.39. The molecule has 2 heterocycles. The highest BCUT2D eigenvalue weighted by molar-refractivity contribution is 5.84. The highest BCUT2D eigenvalue weighted by Crippen LogP contribution is 1.98. The van der Waals surface area contributed by atoms with E-state index in [1.165, 1.54) is 0 Å². The Morgan fingerprint density at radius 3 is 3.50 bits per heavy atom. The molecule has 0 bridgehead atoms. The molecule has 2 aliphatic heterocycles. The third kappa shape index (κ3) is 0.719. The second-order valence-corrected chi connectivity index (χ2v) is 2.43. The van der Waals surface area contributed by atoms with Gasteiger partial charge in [0.15, 0.2) is 11.7 Å². The van der Waals surface area contributed by atoms with E-state index in [9.17, 15) is 0 Å². The zero-order valence-corrected chi connectivity index (χ0v) is 5.73. The van der Waals surface area contributed by atoms with Gasteiger partial charge in [0.25, 0.3) is 0 Å². The largest absolute Gasteiger partial charge is 0.352 e. The van der Waals surface area contributed by atoms with Crippen LogP contribution in [0.15, 0.2) is 5.70 Å². The third-order valence-electron chi connectivity index (χ3n) is 1.60. The van der Waals surface area contributed by atoms with Crippen LogP contribution in [0.25, 0.3) is 0 Å². The van der Waals surface area contributed by atoms with Crippen LogP contribution in [0, 0.1) is 0 Å². The van der Waals surface area contributed by atoms with Gasteiger partial charge in [-0.1, -0.05) is 0 Å². The maximum Gasteiger partial charge on any atom is 0.352 e. The lowest BCUT2D eigenvalue weighted by atomic mass is 10.2. The van der Waals surface area contributed by atoms with E-state index >= 15 is 0 Å². The summed E-state index contributed by atoms with van der Waals surface area (Å²) in [5.41, 5.74) is 6.97. The van der Waals surface area contributed by atoms with E-state index in [1.54, 1.807) is 0 Å². The van der Waals surface area contributed by atoms with Crippen LogP contribution in [0.1, 0.15) is 6.92 Å². The van der Waals surface area contributed by atoms with E-state index in [0.717, 1.165) is 18.1 Å². The summed E-state index contributed by atoms with van der Waals surface area (Å²) in [6.45, 7) is 2.83. The van der Waals surface area contributed by atoms with Gasteiger partial charge in [-0.3, -0.25) is 5.32 Å². The highest BCUT2D eigenvalue weighted by atomic mass is 15.4. The van der Waals surface area contributed by atoms with Crippen molar-refractivity contribution in [1.29, 1.82) is 0 Å². The number of rotatable bonds is 0. The van der Waals surface area contributed by atoms with E-state index < -0.39 is 0 Å². The first-order valence-electron chi connectivity index (χ1n) is 3.29. The molecule has 0 saturated carbocycles. The maximum absolute atomic E-state index is 3.99. The summed E-state index contributed by atoms with van der Waals surface area (Å²) >= 11 is 0. The van der Waals surface area contributed by atoms with Crippen molar-refractivity contribution < 1.29 is 0 Å². The second-order valence-electron chi connectivity index (χ2n) is 2.43. The molecule has 0 aromatic carbocycles. The molecule has 3 N–H and O–H groups in total. The summed E-state index contributed by atoms with van der Waals surface area (Å²) in [5.74, 6) is 3.83. The molecular weight excluding hydrogens is 128 g/mol. The van der Waals surface area contributed by atoms with Crippen LogP contribution in [0.3, 0.4) is 0 Å². The Balaban J connectivity index is 2.43. The fourth-order valence-corrected chi connectivity index (χ4v) is 1.10. The standard InChI is InChI=1S/C6H8N4/c1-4-7-2-6-5(9-4)3-8-10-6/h5,8,10H,3H2,1H3/p+1. The van der Waals surface area contributed by atoms with Crippen LogP contribution >= 0.6 is 0 Å². The monoisotopic (exact) mass is 137 g/mol. The van der Waals surface area contributed by atoms with Crippen molar-refractivity contribution in [1.82, 2.24) is 20.8 Å². The Hall–Kier alpha value is -1.21. The predicted molar refractivity (Wildman–Crippen MR) is 39.4 cm³/mol. The zero-order valence-electron chi connectivity index (χ0n) is 5.73. The molecule has 2 aliphatic rings. The SMILES string of the molecule is CC1=[N+]=C=C2NNCC2N1. The van der Waals surface area contributed by atoms with E-state index in [0.29, 0.717) is 6.04 Å². The molecule has 0 amide bonds. The van der Waals surface area contributed by atoms with Gasteiger partial charge in [-0.2, -0.15) is 4.67 Å². The number of nitrogens with one attached hydrogen (secondary N) is 3. The van der Waals surface area contributed by atoms with Crippen molar-refractivity contribution in [2.24, 2.45) is 0 Å². The van der Waals surface area contributed by atoms with Gasteiger partial charge >= 0.3 is 5.84 Å². The number of hydrazine groups is 1. The lowest BCUT2D eigenvalue weighted by molar-refractivity contribution is 0.689. The minimum Gasteiger partial charge on any atom is -0.310 e. The Morgan fingerprint density at radius 1 is 1.70 bits per heavy atom. The van der Waals surface area contributed by atoms with Crippen LogP contribution in [0.5, 0.6) is 0 Å². The number of hydrogen-bond acceptors (Lipinski definition) is 3. The van der Waals surface area contributed by atoms with Gasteiger partial charge in [0.2, 0.25) is 5.87 Å². The predicted octanol–water partition coefficient (Wildman–Crippen LogP) is -1.89. The van der Waals surface area contributed by atoms with Gasteiger partial charge < -0.3 is 5.43 Å². The van der Waals surface area contributed by atoms with Gasteiger partial charge in [0, 0.05) is 0 Å². The average Bonchev–Trinajstić information content (AvgIpc) is 2.33. The van der Waals surface area contributed by atoms with Crippen molar-refractivity contribution >= 4 is 11.7 Å². The number of fused-ring (bicyclic) bond motifs is 1. The van der Waals surface area contributed by atoms with Crippen LogP contribution in [-0.4, -0.2) is 24.3 Å². The van der Waals surface area contributed by atoms with Crippen molar-refractivity contribution in [2.45, 2.75) is 13.0 Å². The first-order valence-corrected chi connectivity index (χ1v) is 3.29. The minimum atomic E-state index is 0.345. The molecule has 52 valence electrons. The van der Waals surface area contributed by atoms with Crippen molar-refractivity contribution in [3.63, 3.8) is 0 Å². The van der Waals surface area contributed by atoms with Gasteiger partial charge in [-0.25, -0.2) is 5.43 Å². The normalized spacial score (nSPS) is 27.9. The Labute approximate surface area is 58.7 Å². The summed E-state index contributed by atoms with van der Waals surface area (Å²) < 4.78 is 3.99. The fourth-order valence-electron chi connectivity index (χ4n) is 1.10. The lowest BCUT2D eigenvalue weighted by Gasteiger charge is -2.02. The van der Waals surface area contributed by atoms with Crippen LogP contribution < -0.4 is 20.8 Å². The third-order valence-corrected chi connectivity index (χ3v) is 1.60. The fraction of sp³-hybridized carbons (Fsp3) is 0.500. The molecule has 0 aromatic rings. The Kier molecular flexibility index (Phi) is 1.05. The molecule has 4 nitrogen and oxygen atoms in total. The van der Waals surface area contributed by atoms with E-state index in [-0.39, 0.29) is 0 Å². The second kappa shape index (κ2) is 1.89. The Bertz CT molecular complexity index is 255. The first kappa shape index (κ1) is 5.57. The van der Waals surface area contributed by atoms with E-state index in [1.807, 2.05) is 6.92 Å². The summed E-state index contributed by atoms with van der Waals surface area (Å²) in [7, 11) is 0. The molecule has 1 unspecified atom stereocenters. The summed E-state index contributed by atoms with van der Waals surface area (Å²) in [4.78, 5) is 0. The van der Waals surface area contributed by atoms with E-state index in [4.69, 9.17) is 0 Å². The minimum absolute atomic E-state index is 0.345. The van der Waals surface area contributed by atoms with Gasteiger partial charge in [-0.15, -0.1) is 0 Å². The van der Waals surface area contributed by atoms with Gasteiger partial charge in [-0.05, 0) is 0 Å². The van der Waals surface area contributed by atoms with Gasteiger partial charge in [0.05, 0.1) is 13.5 Å². The molecule has 0 aliphatic carbocycles. The number of nitrogens with zero attached hydrogens (tertiary/aromatic N) is 1. The summed E-state index contributed by atoms with van der Waals surface area (Å²) in [6.07, 6.45) is 0. The Morgan fingerprint density at radius 2 is 2.60 bits per heavy atom. The quantitative estimate of drug-likeness (QED) is 0.342. The summed E-state index contributed by atoms with van der Waals surface area (Å²) in [6, 6.07) is 0.345. The van der Waals surface area contributed by atoms with Crippen LogP contribution in [0.4, 0.5) is 0 Å². The first-order chi connectivity index (χ1) is 4.86. The molecule has 1 saturated heterocycles. The molecule has 0 spiro atoms. The molecule has 2 rings (SSSR count). The smallest absolute Gasteiger partial charge is 0.310 e. The maximum atomic E-state index is 3.99. The zero-order chi connectivity index (χ0) is 6.97. The van der Waals surface area contributed by atoms with Crippen LogP contribution in [-0.2, 0) is 0 Å².